The van der Waals surface area contributed by atoms with Gasteiger partial charge in [0.1, 0.15) is 5.76 Å². The second-order valence-corrected chi connectivity index (χ2v) is 2.56. The number of rotatable bonds is 4. The molecule has 3 heteroatoms. The fourth-order valence-electron chi connectivity index (χ4n) is 0.984. The first-order chi connectivity index (χ1) is 5.36. The molecule has 0 aromatic carbocycles. The molecule has 0 unspecified atom stereocenters. The van der Waals surface area contributed by atoms with Gasteiger partial charge in [-0.15, -0.1) is 0 Å². The fourth-order valence-corrected chi connectivity index (χ4v) is 0.984. The Kier molecular flexibility index (Phi) is 3.11. The Morgan fingerprint density at radius 3 is 3.09 bits per heavy atom. The quantitative estimate of drug-likeness (QED) is 0.711. The average molecular weight is 154 g/mol. The van der Waals surface area contributed by atoms with Crippen molar-refractivity contribution in [3.63, 3.8) is 0 Å². The molecular weight excluding hydrogens is 140 g/mol. The molecule has 1 aromatic heterocycles. The van der Waals surface area contributed by atoms with E-state index in [0.29, 0.717) is 0 Å². The normalized spacial score (nSPS) is 10.4. The lowest BCUT2D eigenvalue weighted by atomic mass is 10.2. The lowest BCUT2D eigenvalue weighted by molar-refractivity contribution is 0.375. The van der Waals surface area contributed by atoms with Crippen molar-refractivity contribution in [2.24, 2.45) is 0 Å². The van der Waals surface area contributed by atoms with Crippen LogP contribution in [0.25, 0.3) is 0 Å². The van der Waals surface area contributed by atoms with Crippen molar-refractivity contribution >= 4 is 0 Å². The predicted molar refractivity (Wildman–Crippen MR) is 43.3 cm³/mol. The summed E-state index contributed by atoms with van der Waals surface area (Å²) < 4.78 is 5.07. The van der Waals surface area contributed by atoms with E-state index in [1.54, 1.807) is 0 Å². The molecule has 1 heterocycles. The first-order valence-corrected chi connectivity index (χ1v) is 3.96. The van der Waals surface area contributed by atoms with Gasteiger partial charge in [-0.05, 0) is 13.5 Å². The van der Waals surface area contributed by atoms with Crippen molar-refractivity contribution in [2.75, 3.05) is 7.05 Å². The van der Waals surface area contributed by atoms with E-state index in [-0.39, 0.29) is 0 Å². The molecule has 0 atom stereocenters. The van der Waals surface area contributed by atoms with E-state index in [4.69, 9.17) is 4.52 Å². The van der Waals surface area contributed by atoms with Crippen LogP contribution in [0.1, 0.15) is 24.8 Å². The summed E-state index contributed by atoms with van der Waals surface area (Å²) in [6.07, 6.45) is 2.09. The maximum atomic E-state index is 5.07. The molecule has 0 aliphatic carbocycles. The lowest BCUT2D eigenvalue weighted by Gasteiger charge is -1.87. The highest BCUT2D eigenvalue weighted by atomic mass is 16.5. The van der Waals surface area contributed by atoms with Crippen LogP contribution in [-0.4, -0.2) is 12.2 Å². The van der Waals surface area contributed by atoms with E-state index >= 15 is 0 Å². The van der Waals surface area contributed by atoms with Crippen molar-refractivity contribution in [3.05, 3.63) is 17.5 Å². The Hall–Kier alpha value is -0.830. The van der Waals surface area contributed by atoms with Crippen LogP contribution in [-0.2, 0) is 13.0 Å². The van der Waals surface area contributed by atoms with Crippen LogP contribution in [0.5, 0.6) is 0 Å². The summed E-state index contributed by atoms with van der Waals surface area (Å²) in [5.41, 5.74) is 0.982. The SMILES string of the molecule is CCCc1cc(CNC)no1. The summed E-state index contributed by atoms with van der Waals surface area (Å²) in [6, 6.07) is 2.00. The summed E-state index contributed by atoms with van der Waals surface area (Å²) in [6.45, 7) is 2.91. The topological polar surface area (TPSA) is 38.1 Å². The Morgan fingerprint density at radius 2 is 2.45 bits per heavy atom. The summed E-state index contributed by atoms with van der Waals surface area (Å²) in [7, 11) is 1.90. The van der Waals surface area contributed by atoms with Gasteiger partial charge in [-0.3, -0.25) is 0 Å². The van der Waals surface area contributed by atoms with Gasteiger partial charge in [0.25, 0.3) is 0 Å². The number of hydrogen-bond donors (Lipinski definition) is 1. The number of nitrogens with one attached hydrogen (secondary N) is 1. The molecule has 0 radical (unpaired) electrons. The molecule has 11 heavy (non-hydrogen) atoms. The van der Waals surface area contributed by atoms with Crippen LogP contribution >= 0.6 is 0 Å². The van der Waals surface area contributed by atoms with Crippen molar-refractivity contribution in [2.45, 2.75) is 26.3 Å². The van der Waals surface area contributed by atoms with Gasteiger partial charge in [0.2, 0.25) is 0 Å². The van der Waals surface area contributed by atoms with Gasteiger partial charge < -0.3 is 9.84 Å². The maximum Gasteiger partial charge on any atom is 0.137 e. The predicted octanol–water partition coefficient (Wildman–Crippen LogP) is 1.35. The first kappa shape index (κ1) is 8.27. The second-order valence-electron chi connectivity index (χ2n) is 2.56. The van der Waals surface area contributed by atoms with Crippen LogP contribution in [0.15, 0.2) is 10.6 Å². The van der Waals surface area contributed by atoms with Crippen LogP contribution in [0.3, 0.4) is 0 Å². The summed E-state index contributed by atoms with van der Waals surface area (Å²) >= 11 is 0. The maximum absolute atomic E-state index is 5.07. The van der Waals surface area contributed by atoms with Gasteiger partial charge in [0.15, 0.2) is 0 Å². The van der Waals surface area contributed by atoms with E-state index < -0.39 is 0 Å². The number of hydrogen-bond acceptors (Lipinski definition) is 3. The van der Waals surface area contributed by atoms with Gasteiger partial charge in [-0.1, -0.05) is 12.1 Å². The molecule has 0 bridgehead atoms. The number of nitrogens with zero attached hydrogens (tertiary/aromatic N) is 1. The van der Waals surface area contributed by atoms with Crippen molar-refractivity contribution in [1.29, 1.82) is 0 Å². The third kappa shape index (κ3) is 2.35. The van der Waals surface area contributed by atoms with Gasteiger partial charge in [0.05, 0.1) is 5.69 Å². The van der Waals surface area contributed by atoms with E-state index in [1.165, 1.54) is 0 Å². The third-order valence-electron chi connectivity index (χ3n) is 1.46. The zero-order valence-electron chi connectivity index (χ0n) is 7.05. The van der Waals surface area contributed by atoms with Gasteiger partial charge >= 0.3 is 0 Å². The Labute approximate surface area is 66.8 Å². The largest absolute Gasteiger partial charge is 0.361 e. The molecular formula is C8H14N2O. The van der Waals surface area contributed by atoms with Gasteiger partial charge in [-0.25, -0.2) is 0 Å². The molecule has 3 nitrogen and oxygen atoms in total. The Bertz CT molecular complexity index is 187. The highest BCUT2D eigenvalue weighted by Gasteiger charge is 2.00. The molecule has 0 saturated heterocycles. The van der Waals surface area contributed by atoms with Crippen LogP contribution in [0.2, 0.25) is 0 Å². The Balaban J connectivity index is 2.51. The molecule has 0 amide bonds. The molecule has 1 N–H and O–H groups in total. The number of aromatic nitrogens is 1. The van der Waals surface area contributed by atoms with E-state index in [9.17, 15) is 0 Å². The molecule has 1 rings (SSSR count). The van der Waals surface area contributed by atoms with Crippen LogP contribution < -0.4 is 5.32 Å². The van der Waals surface area contributed by atoms with Gasteiger partial charge in [-0.2, -0.15) is 0 Å². The second kappa shape index (κ2) is 4.13. The monoisotopic (exact) mass is 154 g/mol. The molecule has 0 saturated carbocycles. The van der Waals surface area contributed by atoms with Crippen LogP contribution in [0.4, 0.5) is 0 Å². The molecule has 62 valence electrons. The van der Waals surface area contributed by atoms with E-state index in [0.717, 1.165) is 30.8 Å². The molecule has 0 fully saturated rings. The molecule has 0 aliphatic heterocycles. The smallest absolute Gasteiger partial charge is 0.137 e. The molecule has 1 aromatic rings. The van der Waals surface area contributed by atoms with Crippen molar-refractivity contribution < 1.29 is 4.52 Å². The average Bonchev–Trinajstić information content (AvgIpc) is 2.38. The van der Waals surface area contributed by atoms with E-state index in [2.05, 4.69) is 17.4 Å². The third-order valence-corrected chi connectivity index (χ3v) is 1.46. The minimum absolute atomic E-state index is 0.785. The highest BCUT2D eigenvalue weighted by molar-refractivity contribution is 5.04. The lowest BCUT2D eigenvalue weighted by Crippen LogP contribution is -2.04. The zero-order valence-corrected chi connectivity index (χ0v) is 7.05. The van der Waals surface area contributed by atoms with Crippen molar-refractivity contribution in [3.8, 4) is 0 Å². The molecule has 0 spiro atoms. The van der Waals surface area contributed by atoms with E-state index in [1.807, 2.05) is 13.1 Å². The molecule has 0 aliphatic rings. The fraction of sp³-hybridized carbons (Fsp3) is 0.625. The summed E-state index contributed by atoms with van der Waals surface area (Å²) in [4.78, 5) is 0. The Morgan fingerprint density at radius 1 is 1.64 bits per heavy atom. The summed E-state index contributed by atoms with van der Waals surface area (Å²) in [5.74, 6) is 0.984. The number of aryl methyl sites for hydroxylation is 1. The van der Waals surface area contributed by atoms with Crippen molar-refractivity contribution in [1.82, 2.24) is 10.5 Å². The standard InChI is InChI=1S/C8H14N2O/c1-3-4-8-5-7(6-9-2)10-11-8/h5,9H,3-4,6H2,1-2H3. The minimum atomic E-state index is 0.785. The highest BCUT2D eigenvalue weighted by Crippen LogP contribution is 2.05. The zero-order chi connectivity index (χ0) is 8.10. The summed E-state index contributed by atoms with van der Waals surface area (Å²) in [5, 5.41) is 6.90. The first-order valence-electron chi connectivity index (χ1n) is 3.96. The van der Waals surface area contributed by atoms with Crippen LogP contribution in [0, 0.1) is 0 Å². The van der Waals surface area contributed by atoms with Gasteiger partial charge in [0, 0.05) is 19.0 Å². The minimum Gasteiger partial charge on any atom is -0.361 e.